The molecule has 0 saturated heterocycles. The lowest BCUT2D eigenvalue weighted by Crippen LogP contribution is -2.53. The number of hydrogen-bond acceptors (Lipinski definition) is 4. The molecule has 3 aromatic rings. The van der Waals surface area contributed by atoms with Gasteiger partial charge in [0.15, 0.2) is 0 Å². The van der Waals surface area contributed by atoms with Crippen molar-refractivity contribution >= 4 is 27.5 Å². The molecular formula is C34H43N3O4S. The molecule has 1 N–H and O–H groups in total. The molecule has 1 aliphatic carbocycles. The molecule has 1 fully saturated rings. The van der Waals surface area contributed by atoms with E-state index in [9.17, 15) is 18.0 Å². The van der Waals surface area contributed by atoms with Gasteiger partial charge in [-0.15, -0.1) is 0 Å². The van der Waals surface area contributed by atoms with Crippen LogP contribution in [0.25, 0.3) is 0 Å². The number of carbonyl (C=O) groups is 2. The summed E-state index contributed by atoms with van der Waals surface area (Å²) in [7, 11) is -4.10. The molecule has 0 radical (unpaired) electrons. The Bertz CT molecular complexity index is 1510. The standard InChI is InChI=1S/C34H43N3O4S/c1-6-31(34(39)35-29-13-9-10-14-29)36(22-28-12-8-7-11-26(28)4)33(38)23-37(32-20-17-25(3)21-27(32)5)42(40,41)30-18-15-24(2)16-19-30/h7-8,11-12,15-21,29,31H,6,9-10,13-14,22-23H2,1-5H3,(H,35,39)/t31-/m0/s1. The van der Waals surface area contributed by atoms with Crippen LogP contribution in [0.3, 0.4) is 0 Å². The molecule has 42 heavy (non-hydrogen) atoms. The highest BCUT2D eigenvalue weighted by Crippen LogP contribution is 2.29. The Morgan fingerprint density at radius 1 is 0.881 bits per heavy atom. The summed E-state index contributed by atoms with van der Waals surface area (Å²) in [5.41, 5.74) is 5.03. The van der Waals surface area contributed by atoms with Gasteiger partial charge in [0.2, 0.25) is 11.8 Å². The van der Waals surface area contributed by atoms with Gasteiger partial charge in [0.25, 0.3) is 10.0 Å². The minimum absolute atomic E-state index is 0.107. The maximum absolute atomic E-state index is 14.3. The molecule has 0 heterocycles. The Labute approximate surface area is 251 Å². The predicted octanol–water partition coefficient (Wildman–Crippen LogP) is 5.98. The van der Waals surface area contributed by atoms with Crippen LogP contribution in [0.5, 0.6) is 0 Å². The highest BCUT2D eigenvalue weighted by molar-refractivity contribution is 7.92. The molecule has 0 spiro atoms. The van der Waals surface area contributed by atoms with Crippen LogP contribution >= 0.6 is 0 Å². The maximum atomic E-state index is 14.3. The zero-order chi connectivity index (χ0) is 30.4. The molecule has 4 rings (SSSR count). The van der Waals surface area contributed by atoms with Crippen LogP contribution in [0.4, 0.5) is 5.69 Å². The summed E-state index contributed by atoms with van der Waals surface area (Å²) in [5, 5.41) is 3.16. The van der Waals surface area contributed by atoms with Crippen molar-refractivity contribution < 1.29 is 18.0 Å². The molecule has 0 aromatic heterocycles. The van der Waals surface area contributed by atoms with Crippen molar-refractivity contribution in [3.8, 4) is 0 Å². The summed E-state index contributed by atoms with van der Waals surface area (Å²) in [5.74, 6) is -0.617. The van der Waals surface area contributed by atoms with E-state index in [2.05, 4.69) is 5.32 Å². The average molecular weight is 590 g/mol. The number of hydrogen-bond donors (Lipinski definition) is 1. The molecule has 2 amide bonds. The van der Waals surface area contributed by atoms with Gasteiger partial charge in [-0.25, -0.2) is 8.42 Å². The van der Waals surface area contributed by atoms with E-state index in [0.29, 0.717) is 12.1 Å². The van der Waals surface area contributed by atoms with Crippen molar-refractivity contribution in [2.45, 2.75) is 90.2 Å². The van der Waals surface area contributed by atoms with Crippen molar-refractivity contribution in [1.29, 1.82) is 0 Å². The zero-order valence-corrected chi connectivity index (χ0v) is 26.2. The van der Waals surface area contributed by atoms with Crippen molar-refractivity contribution in [1.82, 2.24) is 10.2 Å². The van der Waals surface area contributed by atoms with Crippen LogP contribution in [0, 0.1) is 27.7 Å². The quantitative estimate of drug-likeness (QED) is 0.298. The smallest absolute Gasteiger partial charge is 0.264 e. The van der Waals surface area contributed by atoms with E-state index < -0.39 is 28.5 Å². The fraction of sp³-hybridized carbons (Fsp3) is 0.412. The second-order valence-corrected chi connectivity index (χ2v) is 13.3. The molecule has 1 saturated carbocycles. The van der Waals surface area contributed by atoms with Crippen LogP contribution in [-0.4, -0.2) is 43.8 Å². The number of nitrogens with one attached hydrogen (secondary N) is 1. The van der Waals surface area contributed by atoms with Crippen LogP contribution in [0.15, 0.2) is 71.6 Å². The van der Waals surface area contributed by atoms with Gasteiger partial charge in [0, 0.05) is 12.6 Å². The molecule has 0 unspecified atom stereocenters. The lowest BCUT2D eigenvalue weighted by atomic mass is 10.1. The molecule has 1 atom stereocenters. The number of nitrogens with zero attached hydrogens (tertiary/aromatic N) is 2. The normalized spacial score (nSPS) is 14.4. The average Bonchev–Trinajstić information content (AvgIpc) is 3.46. The number of amides is 2. The first-order chi connectivity index (χ1) is 20.0. The van der Waals surface area contributed by atoms with Gasteiger partial charge in [0.1, 0.15) is 12.6 Å². The number of sulfonamides is 1. The number of anilines is 1. The molecule has 1 aliphatic rings. The van der Waals surface area contributed by atoms with Crippen molar-refractivity contribution in [2.24, 2.45) is 0 Å². The second-order valence-electron chi connectivity index (χ2n) is 11.5. The van der Waals surface area contributed by atoms with Crippen molar-refractivity contribution in [2.75, 3.05) is 10.8 Å². The van der Waals surface area contributed by atoms with Crippen LogP contribution in [-0.2, 0) is 26.2 Å². The van der Waals surface area contributed by atoms with Gasteiger partial charge in [-0.2, -0.15) is 0 Å². The number of carbonyl (C=O) groups excluding carboxylic acids is 2. The Balaban J connectivity index is 1.75. The van der Waals surface area contributed by atoms with Crippen molar-refractivity contribution in [3.63, 3.8) is 0 Å². The van der Waals surface area contributed by atoms with Gasteiger partial charge in [0.05, 0.1) is 10.6 Å². The molecule has 7 nitrogen and oxygen atoms in total. The Morgan fingerprint density at radius 3 is 2.14 bits per heavy atom. The van der Waals surface area contributed by atoms with Crippen LogP contribution in [0.2, 0.25) is 0 Å². The minimum atomic E-state index is -4.10. The summed E-state index contributed by atoms with van der Waals surface area (Å²) < 4.78 is 29.5. The van der Waals surface area contributed by atoms with E-state index >= 15 is 0 Å². The first-order valence-corrected chi connectivity index (χ1v) is 16.3. The number of rotatable bonds is 11. The monoisotopic (exact) mass is 589 g/mol. The van der Waals surface area contributed by atoms with E-state index in [1.807, 2.05) is 71.0 Å². The third kappa shape index (κ3) is 7.21. The minimum Gasteiger partial charge on any atom is -0.352 e. The zero-order valence-electron chi connectivity index (χ0n) is 25.4. The van der Waals surface area contributed by atoms with E-state index in [4.69, 9.17) is 0 Å². The van der Waals surface area contributed by atoms with E-state index in [0.717, 1.165) is 53.5 Å². The molecule has 8 heteroatoms. The molecular weight excluding hydrogens is 546 g/mol. The van der Waals surface area contributed by atoms with Gasteiger partial charge in [-0.1, -0.05) is 79.4 Å². The summed E-state index contributed by atoms with van der Waals surface area (Å²) >= 11 is 0. The third-order valence-corrected chi connectivity index (χ3v) is 9.97. The van der Waals surface area contributed by atoms with E-state index in [-0.39, 0.29) is 23.4 Å². The van der Waals surface area contributed by atoms with E-state index in [1.54, 1.807) is 35.2 Å². The SMILES string of the molecule is CC[C@@H](C(=O)NC1CCCC1)N(Cc1ccccc1C)C(=O)CN(c1ccc(C)cc1C)S(=O)(=O)c1ccc(C)cc1. The lowest BCUT2D eigenvalue weighted by molar-refractivity contribution is -0.140. The van der Waals surface area contributed by atoms with Gasteiger partial charge < -0.3 is 10.2 Å². The van der Waals surface area contributed by atoms with Crippen LogP contribution in [0.1, 0.15) is 66.8 Å². The fourth-order valence-electron chi connectivity index (χ4n) is 5.69. The van der Waals surface area contributed by atoms with Gasteiger partial charge >= 0.3 is 0 Å². The predicted molar refractivity (Wildman–Crippen MR) is 168 cm³/mol. The third-order valence-electron chi connectivity index (χ3n) is 8.20. The summed E-state index contributed by atoms with van der Waals surface area (Å²) in [6, 6.07) is 19.3. The largest absolute Gasteiger partial charge is 0.352 e. The molecule has 0 bridgehead atoms. The number of benzene rings is 3. The Morgan fingerprint density at radius 2 is 1.52 bits per heavy atom. The molecule has 0 aliphatic heterocycles. The number of aryl methyl sites for hydroxylation is 4. The summed E-state index contributed by atoms with van der Waals surface area (Å²) in [6.07, 6.45) is 4.43. The van der Waals surface area contributed by atoms with E-state index in [1.165, 1.54) is 4.31 Å². The fourth-order valence-corrected chi connectivity index (χ4v) is 7.17. The Hall–Kier alpha value is -3.65. The Kier molecular flexibility index (Phi) is 10.1. The first-order valence-electron chi connectivity index (χ1n) is 14.8. The molecule has 3 aromatic carbocycles. The van der Waals surface area contributed by atoms with Crippen molar-refractivity contribution in [3.05, 3.63) is 94.5 Å². The highest BCUT2D eigenvalue weighted by atomic mass is 32.2. The summed E-state index contributed by atoms with van der Waals surface area (Å²) in [4.78, 5) is 29.6. The maximum Gasteiger partial charge on any atom is 0.264 e. The second kappa shape index (κ2) is 13.6. The topological polar surface area (TPSA) is 86.8 Å². The highest BCUT2D eigenvalue weighted by Gasteiger charge is 2.35. The van der Waals surface area contributed by atoms with Gasteiger partial charge in [-0.05, 0) is 81.8 Å². The molecule has 224 valence electrons. The van der Waals surface area contributed by atoms with Gasteiger partial charge in [-0.3, -0.25) is 13.9 Å². The first kappa shape index (κ1) is 31.3. The van der Waals surface area contributed by atoms with Crippen LogP contribution < -0.4 is 9.62 Å². The summed E-state index contributed by atoms with van der Waals surface area (Å²) in [6.45, 7) is 9.32. The lowest BCUT2D eigenvalue weighted by Gasteiger charge is -2.34.